The molecule has 0 unspecified atom stereocenters. The van der Waals surface area contributed by atoms with Crippen LogP contribution in [0.3, 0.4) is 0 Å². The zero-order valence-corrected chi connectivity index (χ0v) is 17.1. The number of pyridine rings is 1. The fraction of sp³-hybridized carbons (Fsp3) is 0.455. The highest BCUT2D eigenvalue weighted by molar-refractivity contribution is 7.99. The smallest absolute Gasteiger partial charge is 0.233 e. The van der Waals surface area contributed by atoms with Crippen LogP contribution in [0.5, 0.6) is 0 Å². The third-order valence-corrected chi connectivity index (χ3v) is 6.87. The number of rotatable bonds is 5. The minimum absolute atomic E-state index is 0.0629. The van der Waals surface area contributed by atoms with Crippen molar-refractivity contribution in [1.29, 1.82) is 0 Å². The molecule has 0 radical (unpaired) electrons. The van der Waals surface area contributed by atoms with E-state index in [4.69, 9.17) is 0 Å². The third-order valence-electron chi connectivity index (χ3n) is 5.94. The van der Waals surface area contributed by atoms with Gasteiger partial charge in [-0.1, -0.05) is 30.0 Å². The molecular formula is C22H25F2N3OS. The van der Waals surface area contributed by atoms with Gasteiger partial charge in [-0.3, -0.25) is 9.69 Å². The summed E-state index contributed by atoms with van der Waals surface area (Å²) in [6.45, 7) is 3.62. The molecule has 1 spiro atoms. The molecule has 1 amide bonds. The minimum Gasteiger partial charge on any atom is -0.341 e. The highest BCUT2D eigenvalue weighted by atomic mass is 32.2. The average Bonchev–Trinajstić information content (AvgIpc) is 3.13. The van der Waals surface area contributed by atoms with Crippen molar-refractivity contribution in [2.75, 3.05) is 31.9 Å². The Morgan fingerprint density at radius 2 is 2.00 bits per heavy atom. The lowest BCUT2D eigenvalue weighted by molar-refractivity contribution is -0.127. The number of hydrogen-bond acceptors (Lipinski definition) is 4. The molecule has 154 valence electrons. The predicted molar refractivity (Wildman–Crippen MR) is 109 cm³/mol. The second-order valence-corrected chi connectivity index (χ2v) is 9.04. The molecular weight excluding hydrogens is 392 g/mol. The molecule has 1 aromatic carbocycles. The Hall–Kier alpha value is -1.99. The lowest BCUT2D eigenvalue weighted by Crippen LogP contribution is -2.45. The van der Waals surface area contributed by atoms with Crippen molar-refractivity contribution in [3.05, 3.63) is 59.8 Å². The van der Waals surface area contributed by atoms with Gasteiger partial charge in [-0.25, -0.2) is 13.8 Å². The fourth-order valence-electron chi connectivity index (χ4n) is 4.50. The molecule has 29 heavy (non-hydrogen) atoms. The molecule has 2 saturated heterocycles. The number of piperidine rings is 1. The second kappa shape index (κ2) is 8.79. The quantitative estimate of drug-likeness (QED) is 0.690. The highest BCUT2D eigenvalue weighted by Crippen LogP contribution is 2.39. The summed E-state index contributed by atoms with van der Waals surface area (Å²) in [7, 11) is 0. The van der Waals surface area contributed by atoms with E-state index in [0.29, 0.717) is 17.9 Å². The van der Waals surface area contributed by atoms with E-state index in [0.717, 1.165) is 56.5 Å². The van der Waals surface area contributed by atoms with Crippen LogP contribution in [-0.2, 0) is 11.3 Å². The van der Waals surface area contributed by atoms with Gasteiger partial charge in [0.25, 0.3) is 0 Å². The van der Waals surface area contributed by atoms with E-state index in [1.807, 2.05) is 23.1 Å². The standard InChI is InChI=1S/C22H25F2N3OS/c23-18-6-3-5-17(21(18)24)13-26-11-4-8-22(15-26)9-12-27(16-22)20(28)14-29-19-7-1-2-10-25-19/h1-3,5-7,10H,4,8-9,11-16H2/t22-/m1/s1. The van der Waals surface area contributed by atoms with Crippen LogP contribution in [0, 0.1) is 17.0 Å². The van der Waals surface area contributed by atoms with Gasteiger partial charge in [0.1, 0.15) is 0 Å². The monoisotopic (exact) mass is 417 g/mol. The van der Waals surface area contributed by atoms with Gasteiger partial charge in [0.15, 0.2) is 11.6 Å². The van der Waals surface area contributed by atoms with Crippen molar-refractivity contribution in [1.82, 2.24) is 14.8 Å². The summed E-state index contributed by atoms with van der Waals surface area (Å²) in [5, 5.41) is 0.857. The molecule has 4 rings (SSSR count). The van der Waals surface area contributed by atoms with Crippen LogP contribution < -0.4 is 0 Å². The van der Waals surface area contributed by atoms with E-state index in [1.54, 1.807) is 18.3 Å². The molecule has 1 atom stereocenters. The topological polar surface area (TPSA) is 36.4 Å². The van der Waals surface area contributed by atoms with Gasteiger partial charge >= 0.3 is 0 Å². The largest absolute Gasteiger partial charge is 0.341 e. The first kappa shape index (κ1) is 20.3. The molecule has 0 saturated carbocycles. The number of carbonyl (C=O) groups excluding carboxylic acids is 1. The van der Waals surface area contributed by atoms with Crippen LogP contribution >= 0.6 is 11.8 Å². The summed E-state index contributed by atoms with van der Waals surface area (Å²) in [5.74, 6) is -1.00. The number of halogens is 2. The Balaban J connectivity index is 1.34. The maximum absolute atomic E-state index is 14.1. The van der Waals surface area contributed by atoms with E-state index in [9.17, 15) is 13.6 Å². The Morgan fingerprint density at radius 3 is 2.83 bits per heavy atom. The van der Waals surface area contributed by atoms with E-state index < -0.39 is 11.6 Å². The Labute approximate surface area is 174 Å². The Kier molecular flexibility index (Phi) is 6.15. The van der Waals surface area contributed by atoms with Crippen molar-refractivity contribution in [3.63, 3.8) is 0 Å². The van der Waals surface area contributed by atoms with Crippen LogP contribution in [0.2, 0.25) is 0 Å². The lowest BCUT2D eigenvalue weighted by Gasteiger charge is -2.40. The van der Waals surface area contributed by atoms with Gasteiger partial charge in [0.05, 0.1) is 10.8 Å². The zero-order valence-electron chi connectivity index (χ0n) is 16.3. The third kappa shape index (κ3) is 4.78. The number of thioether (sulfide) groups is 1. The van der Waals surface area contributed by atoms with Gasteiger partial charge in [-0.05, 0) is 44.0 Å². The molecule has 2 aliphatic heterocycles. The van der Waals surface area contributed by atoms with Crippen LogP contribution in [-0.4, -0.2) is 52.6 Å². The van der Waals surface area contributed by atoms with Crippen LogP contribution in [0.25, 0.3) is 0 Å². The summed E-state index contributed by atoms with van der Waals surface area (Å²) < 4.78 is 27.6. The molecule has 2 aromatic rings. The van der Waals surface area contributed by atoms with Crippen molar-refractivity contribution < 1.29 is 13.6 Å². The second-order valence-electron chi connectivity index (χ2n) is 8.05. The first-order chi connectivity index (χ1) is 14.0. The van der Waals surface area contributed by atoms with Gasteiger partial charge in [0.2, 0.25) is 5.91 Å². The maximum Gasteiger partial charge on any atom is 0.233 e. The summed E-state index contributed by atoms with van der Waals surface area (Å²) in [5.41, 5.74) is 0.465. The molecule has 3 heterocycles. The number of aromatic nitrogens is 1. The van der Waals surface area contributed by atoms with E-state index in [2.05, 4.69) is 9.88 Å². The Bertz CT molecular complexity index is 866. The molecule has 2 fully saturated rings. The first-order valence-corrected chi connectivity index (χ1v) is 11.0. The molecule has 0 bridgehead atoms. The van der Waals surface area contributed by atoms with Gasteiger partial charge in [-0.2, -0.15) is 0 Å². The molecule has 0 N–H and O–H groups in total. The zero-order chi connectivity index (χ0) is 20.3. The number of amides is 1. The Morgan fingerprint density at radius 1 is 1.10 bits per heavy atom. The molecule has 2 aliphatic rings. The minimum atomic E-state index is -0.794. The molecule has 4 nitrogen and oxygen atoms in total. The van der Waals surface area contributed by atoms with Crippen molar-refractivity contribution in [3.8, 4) is 0 Å². The number of benzene rings is 1. The number of nitrogens with zero attached hydrogens (tertiary/aromatic N) is 3. The number of likely N-dealkylation sites (tertiary alicyclic amines) is 2. The number of hydrogen-bond donors (Lipinski definition) is 0. The van der Waals surface area contributed by atoms with Crippen LogP contribution in [0.1, 0.15) is 24.8 Å². The lowest BCUT2D eigenvalue weighted by atomic mass is 9.79. The van der Waals surface area contributed by atoms with E-state index >= 15 is 0 Å². The van der Waals surface area contributed by atoms with E-state index in [-0.39, 0.29) is 11.3 Å². The molecule has 0 aliphatic carbocycles. The predicted octanol–water partition coefficient (Wildman–Crippen LogP) is 3.97. The maximum atomic E-state index is 14.1. The summed E-state index contributed by atoms with van der Waals surface area (Å²) in [6.07, 6.45) is 4.79. The fourth-order valence-corrected chi connectivity index (χ4v) is 5.26. The van der Waals surface area contributed by atoms with Crippen molar-refractivity contribution >= 4 is 17.7 Å². The van der Waals surface area contributed by atoms with Crippen LogP contribution in [0.4, 0.5) is 8.78 Å². The van der Waals surface area contributed by atoms with Crippen molar-refractivity contribution in [2.24, 2.45) is 5.41 Å². The highest BCUT2D eigenvalue weighted by Gasteiger charge is 2.42. The van der Waals surface area contributed by atoms with Gasteiger partial charge < -0.3 is 4.90 Å². The first-order valence-electron chi connectivity index (χ1n) is 10.0. The molecule has 1 aromatic heterocycles. The summed E-state index contributed by atoms with van der Waals surface area (Å²) in [6, 6.07) is 10.1. The molecule has 7 heteroatoms. The van der Waals surface area contributed by atoms with E-state index in [1.165, 1.54) is 11.8 Å². The van der Waals surface area contributed by atoms with Gasteiger partial charge in [-0.15, -0.1) is 0 Å². The normalized spacial score (nSPS) is 22.3. The average molecular weight is 418 g/mol. The van der Waals surface area contributed by atoms with Crippen molar-refractivity contribution in [2.45, 2.75) is 30.8 Å². The van der Waals surface area contributed by atoms with Crippen LogP contribution in [0.15, 0.2) is 47.6 Å². The van der Waals surface area contributed by atoms with Gasteiger partial charge in [0, 0.05) is 43.4 Å². The SMILES string of the molecule is O=C(CSc1ccccn1)N1CC[C@@]2(CCCN(Cc3cccc(F)c3F)C2)C1. The summed E-state index contributed by atoms with van der Waals surface area (Å²) in [4.78, 5) is 21.1. The number of carbonyl (C=O) groups is 1. The summed E-state index contributed by atoms with van der Waals surface area (Å²) >= 11 is 1.47.